The molecule has 0 saturated carbocycles. The predicted octanol–water partition coefficient (Wildman–Crippen LogP) is 7.29. The molecule has 0 fully saturated rings. The first-order chi connectivity index (χ1) is 14.1. The second kappa shape index (κ2) is 8.87. The molecule has 3 nitrogen and oxygen atoms in total. The van der Waals surface area contributed by atoms with Crippen LogP contribution in [0, 0.1) is 0 Å². The highest BCUT2D eigenvalue weighted by molar-refractivity contribution is 7.99. The van der Waals surface area contributed by atoms with Gasteiger partial charge in [-0.15, -0.1) is 0 Å². The highest BCUT2D eigenvalue weighted by atomic mass is 35.5. The first kappa shape index (κ1) is 19.8. The molecule has 0 aliphatic rings. The summed E-state index contributed by atoms with van der Waals surface area (Å²) in [6, 6.07) is 24.5. The van der Waals surface area contributed by atoms with Gasteiger partial charge in [-0.05, 0) is 18.2 Å². The Bertz CT molecular complexity index is 1090. The summed E-state index contributed by atoms with van der Waals surface area (Å²) in [5, 5.41) is 1.22. The fraction of sp³-hybridized carbons (Fsp3) is 0.0435. The second-order valence-corrected chi connectivity index (χ2v) is 7.97. The molecular weight excluding hydrogens is 425 g/mol. The fourth-order valence-electron chi connectivity index (χ4n) is 2.82. The minimum atomic E-state index is -0.0747. The topological polar surface area (TPSA) is 43.1 Å². The number of nitrogens with zero attached hydrogens (tertiary/aromatic N) is 1. The smallest absolute Gasteiger partial charge is 0.257 e. The van der Waals surface area contributed by atoms with Crippen molar-refractivity contribution in [3.05, 3.63) is 94.5 Å². The predicted molar refractivity (Wildman–Crippen MR) is 119 cm³/mol. The minimum Gasteiger partial charge on any atom is -0.431 e. The zero-order valence-corrected chi connectivity index (χ0v) is 17.5. The molecule has 1 aromatic heterocycles. The lowest BCUT2D eigenvalue weighted by atomic mass is 10.1. The summed E-state index contributed by atoms with van der Waals surface area (Å²) in [4.78, 5) is 17.2. The SMILES string of the molecule is O=C(CSc1nc(-c2ccccc2)c(-c2ccccc2)o1)c1ccc(Cl)c(Cl)c1. The van der Waals surface area contributed by atoms with Crippen LogP contribution in [-0.4, -0.2) is 16.5 Å². The van der Waals surface area contributed by atoms with Gasteiger partial charge >= 0.3 is 0 Å². The van der Waals surface area contributed by atoms with Crippen molar-refractivity contribution in [1.29, 1.82) is 0 Å². The molecule has 0 aliphatic heterocycles. The number of hydrogen-bond donors (Lipinski definition) is 0. The Morgan fingerprint density at radius 2 is 1.52 bits per heavy atom. The molecule has 0 atom stereocenters. The number of oxazole rings is 1. The molecule has 4 rings (SSSR count). The van der Waals surface area contributed by atoms with Crippen LogP contribution >= 0.6 is 35.0 Å². The van der Waals surface area contributed by atoms with Crippen LogP contribution in [0.1, 0.15) is 10.4 Å². The van der Waals surface area contributed by atoms with Crippen LogP contribution < -0.4 is 0 Å². The van der Waals surface area contributed by atoms with Crippen molar-refractivity contribution >= 4 is 40.7 Å². The van der Waals surface area contributed by atoms with E-state index in [-0.39, 0.29) is 11.5 Å². The van der Waals surface area contributed by atoms with Crippen LogP contribution in [0.3, 0.4) is 0 Å². The Morgan fingerprint density at radius 1 is 0.862 bits per heavy atom. The van der Waals surface area contributed by atoms with E-state index >= 15 is 0 Å². The molecular formula is C23H15Cl2NO2S. The van der Waals surface area contributed by atoms with Gasteiger partial charge in [0.15, 0.2) is 11.5 Å². The maximum Gasteiger partial charge on any atom is 0.257 e. The highest BCUT2D eigenvalue weighted by Crippen LogP contribution is 2.35. The van der Waals surface area contributed by atoms with Gasteiger partial charge in [-0.25, -0.2) is 4.98 Å². The maximum absolute atomic E-state index is 12.5. The van der Waals surface area contributed by atoms with Gasteiger partial charge in [-0.1, -0.05) is 95.6 Å². The average molecular weight is 440 g/mol. The van der Waals surface area contributed by atoms with Crippen molar-refractivity contribution in [2.45, 2.75) is 5.22 Å². The molecule has 6 heteroatoms. The highest BCUT2D eigenvalue weighted by Gasteiger charge is 2.18. The Morgan fingerprint density at radius 3 is 2.17 bits per heavy atom. The van der Waals surface area contributed by atoms with Gasteiger partial charge in [0, 0.05) is 16.7 Å². The number of hydrogen-bond acceptors (Lipinski definition) is 4. The number of halogens is 2. The lowest BCUT2D eigenvalue weighted by Gasteiger charge is -2.01. The van der Waals surface area contributed by atoms with Crippen LogP contribution in [0.15, 0.2) is 88.5 Å². The number of rotatable bonds is 6. The molecule has 0 N–H and O–H groups in total. The van der Waals surface area contributed by atoms with E-state index in [9.17, 15) is 4.79 Å². The Kier molecular flexibility index (Phi) is 6.05. The lowest BCUT2D eigenvalue weighted by Crippen LogP contribution is -2.02. The number of benzene rings is 3. The molecule has 0 amide bonds. The summed E-state index contributed by atoms with van der Waals surface area (Å²) in [6.07, 6.45) is 0. The van der Waals surface area contributed by atoms with E-state index in [1.54, 1.807) is 18.2 Å². The molecule has 29 heavy (non-hydrogen) atoms. The van der Waals surface area contributed by atoms with Crippen LogP contribution in [0.5, 0.6) is 0 Å². The number of thioether (sulfide) groups is 1. The van der Waals surface area contributed by atoms with E-state index < -0.39 is 0 Å². The first-order valence-electron chi connectivity index (χ1n) is 8.84. The number of aromatic nitrogens is 1. The summed E-state index contributed by atoms with van der Waals surface area (Å²) in [5.41, 5.74) is 3.14. The molecule has 4 aromatic rings. The molecule has 3 aromatic carbocycles. The van der Waals surface area contributed by atoms with Crippen molar-refractivity contribution in [3.8, 4) is 22.6 Å². The summed E-state index contributed by atoms with van der Waals surface area (Å²) in [5.74, 6) is 0.788. The van der Waals surface area contributed by atoms with Gasteiger partial charge in [-0.3, -0.25) is 4.79 Å². The molecule has 0 bridgehead atoms. The third-order valence-electron chi connectivity index (χ3n) is 4.26. The summed E-state index contributed by atoms with van der Waals surface area (Å²) in [7, 11) is 0. The molecule has 0 aliphatic carbocycles. The van der Waals surface area contributed by atoms with Gasteiger partial charge < -0.3 is 4.42 Å². The molecule has 144 valence electrons. The number of carbonyl (C=O) groups excluding carboxylic acids is 1. The summed E-state index contributed by atoms with van der Waals surface area (Å²) >= 11 is 13.2. The van der Waals surface area contributed by atoms with E-state index in [4.69, 9.17) is 27.6 Å². The van der Waals surface area contributed by atoms with Crippen LogP contribution in [0.2, 0.25) is 10.0 Å². The molecule has 0 saturated heterocycles. The van der Waals surface area contributed by atoms with Gasteiger partial charge in [0.25, 0.3) is 5.22 Å². The molecule has 0 unspecified atom stereocenters. The van der Waals surface area contributed by atoms with E-state index in [1.807, 2.05) is 60.7 Å². The fourth-order valence-corrected chi connectivity index (χ4v) is 3.84. The molecule has 0 spiro atoms. The van der Waals surface area contributed by atoms with Crippen LogP contribution in [0.4, 0.5) is 0 Å². The van der Waals surface area contributed by atoms with Crippen molar-refractivity contribution in [1.82, 2.24) is 4.98 Å². The minimum absolute atomic E-state index is 0.0747. The Labute approximate surface area is 182 Å². The number of carbonyl (C=O) groups is 1. The standard InChI is InChI=1S/C23H15Cl2NO2S/c24-18-12-11-17(13-19(18)25)20(27)14-29-23-26-21(15-7-3-1-4-8-15)22(28-23)16-9-5-2-6-10-16/h1-13H,14H2. The van der Waals surface area contributed by atoms with Gasteiger partial charge in [0.2, 0.25) is 0 Å². The lowest BCUT2D eigenvalue weighted by molar-refractivity contribution is 0.102. The van der Waals surface area contributed by atoms with Gasteiger partial charge in [0.1, 0.15) is 5.69 Å². The van der Waals surface area contributed by atoms with Crippen molar-refractivity contribution in [2.75, 3.05) is 5.75 Å². The van der Waals surface area contributed by atoms with Crippen molar-refractivity contribution < 1.29 is 9.21 Å². The molecule has 1 heterocycles. The largest absolute Gasteiger partial charge is 0.431 e. The Hall–Kier alpha value is -2.53. The average Bonchev–Trinajstić information content (AvgIpc) is 3.19. The monoisotopic (exact) mass is 439 g/mol. The zero-order valence-electron chi connectivity index (χ0n) is 15.1. The van der Waals surface area contributed by atoms with Crippen molar-refractivity contribution in [2.24, 2.45) is 0 Å². The van der Waals surface area contributed by atoms with E-state index in [0.717, 1.165) is 16.8 Å². The quantitative estimate of drug-likeness (QED) is 0.233. The van der Waals surface area contributed by atoms with E-state index in [2.05, 4.69) is 4.98 Å². The van der Waals surface area contributed by atoms with Crippen LogP contribution in [-0.2, 0) is 0 Å². The molecule has 0 radical (unpaired) electrons. The van der Waals surface area contributed by atoms with Crippen molar-refractivity contribution in [3.63, 3.8) is 0 Å². The number of Topliss-reactive ketones (excluding diaryl/α,β-unsaturated/α-hetero) is 1. The first-order valence-corrected chi connectivity index (χ1v) is 10.6. The zero-order chi connectivity index (χ0) is 20.2. The Balaban J connectivity index is 1.60. The normalized spacial score (nSPS) is 10.8. The third-order valence-corrected chi connectivity index (χ3v) is 5.83. The van der Waals surface area contributed by atoms with E-state index in [1.165, 1.54) is 11.8 Å². The summed E-state index contributed by atoms with van der Waals surface area (Å²) in [6.45, 7) is 0. The maximum atomic E-state index is 12.5. The second-order valence-electron chi connectivity index (χ2n) is 6.23. The van der Waals surface area contributed by atoms with Gasteiger partial charge in [-0.2, -0.15) is 0 Å². The third kappa shape index (κ3) is 4.56. The summed E-state index contributed by atoms with van der Waals surface area (Å²) < 4.78 is 6.04. The van der Waals surface area contributed by atoms with Gasteiger partial charge in [0.05, 0.1) is 15.8 Å². The number of ketones is 1. The van der Waals surface area contributed by atoms with E-state index in [0.29, 0.717) is 26.6 Å². The van der Waals surface area contributed by atoms with Crippen LogP contribution in [0.25, 0.3) is 22.6 Å².